The molecule has 1 rings (SSSR count). The maximum atomic E-state index is 12.8. The van der Waals surface area contributed by atoms with E-state index in [0.717, 1.165) is 6.08 Å². The molecular formula is C9H7F4N. The third-order valence-electron chi connectivity index (χ3n) is 1.69. The summed E-state index contributed by atoms with van der Waals surface area (Å²) in [6, 6.07) is 1.28. The third-order valence-corrected chi connectivity index (χ3v) is 1.69. The lowest BCUT2D eigenvalue weighted by Crippen LogP contribution is -2.09. The Morgan fingerprint density at radius 3 is 2.29 bits per heavy atom. The highest BCUT2D eigenvalue weighted by molar-refractivity contribution is 5.58. The maximum absolute atomic E-state index is 12.8. The van der Waals surface area contributed by atoms with E-state index in [1.54, 1.807) is 0 Å². The summed E-state index contributed by atoms with van der Waals surface area (Å²) >= 11 is 0. The molecular weight excluding hydrogens is 198 g/mol. The molecule has 76 valence electrons. The van der Waals surface area contributed by atoms with E-state index >= 15 is 0 Å². The minimum Gasteiger partial charge on any atom is -0.396 e. The average molecular weight is 205 g/mol. The summed E-state index contributed by atoms with van der Waals surface area (Å²) in [6.45, 7) is 3.17. The summed E-state index contributed by atoms with van der Waals surface area (Å²) in [6.07, 6.45) is -3.61. The standard InChI is InChI=1S/C9H7F4N/c1-2-5-3-7(10)8(14)4-6(5)9(11,12)13/h2-4H,1,14H2. The molecule has 0 fully saturated rings. The second-order valence-corrected chi connectivity index (χ2v) is 2.66. The van der Waals surface area contributed by atoms with Crippen LogP contribution in [0.25, 0.3) is 6.08 Å². The zero-order valence-corrected chi connectivity index (χ0v) is 7.03. The van der Waals surface area contributed by atoms with Crippen molar-refractivity contribution >= 4 is 11.8 Å². The van der Waals surface area contributed by atoms with Crippen LogP contribution in [-0.2, 0) is 6.18 Å². The van der Waals surface area contributed by atoms with Crippen LogP contribution in [0.4, 0.5) is 23.2 Å². The van der Waals surface area contributed by atoms with Gasteiger partial charge in [0.25, 0.3) is 0 Å². The van der Waals surface area contributed by atoms with E-state index in [1.807, 2.05) is 0 Å². The Balaban J connectivity index is 3.42. The molecule has 0 atom stereocenters. The van der Waals surface area contributed by atoms with Gasteiger partial charge in [0.15, 0.2) is 0 Å². The molecule has 0 bridgehead atoms. The van der Waals surface area contributed by atoms with Crippen LogP contribution in [0.5, 0.6) is 0 Å². The first-order valence-electron chi connectivity index (χ1n) is 3.65. The smallest absolute Gasteiger partial charge is 0.396 e. The molecule has 0 aliphatic rings. The van der Waals surface area contributed by atoms with Gasteiger partial charge in [-0.1, -0.05) is 12.7 Å². The molecule has 2 N–H and O–H groups in total. The van der Waals surface area contributed by atoms with Gasteiger partial charge in [-0.3, -0.25) is 0 Å². The number of hydrogen-bond acceptors (Lipinski definition) is 1. The number of alkyl halides is 3. The highest BCUT2D eigenvalue weighted by atomic mass is 19.4. The van der Waals surface area contributed by atoms with Crippen molar-refractivity contribution in [3.8, 4) is 0 Å². The van der Waals surface area contributed by atoms with E-state index in [-0.39, 0.29) is 5.56 Å². The van der Waals surface area contributed by atoms with Crippen molar-refractivity contribution in [2.45, 2.75) is 6.18 Å². The normalized spacial score (nSPS) is 11.4. The molecule has 0 saturated heterocycles. The largest absolute Gasteiger partial charge is 0.417 e. The van der Waals surface area contributed by atoms with Crippen molar-refractivity contribution in [2.75, 3.05) is 5.73 Å². The zero-order valence-electron chi connectivity index (χ0n) is 7.03. The molecule has 5 heteroatoms. The molecule has 0 spiro atoms. The van der Waals surface area contributed by atoms with Gasteiger partial charge in [0.05, 0.1) is 11.3 Å². The van der Waals surface area contributed by atoms with Crippen LogP contribution in [-0.4, -0.2) is 0 Å². The van der Waals surface area contributed by atoms with Crippen molar-refractivity contribution in [3.63, 3.8) is 0 Å². The Labute approximate surface area is 77.8 Å². The minimum atomic E-state index is -4.55. The predicted molar refractivity (Wildman–Crippen MR) is 45.9 cm³/mol. The van der Waals surface area contributed by atoms with Crippen molar-refractivity contribution in [3.05, 3.63) is 35.7 Å². The van der Waals surface area contributed by atoms with Gasteiger partial charge in [-0.15, -0.1) is 0 Å². The maximum Gasteiger partial charge on any atom is 0.417 e. The molecule has 0 heterocycles. The highest BCUT2D eigenvalue weighted by Crippen LogP contribution is 2.34. The number of nitrogen functional groups attached to an aromatic ring is 1. The van der Waals surface area contributed by atoms with Gasteiger partial charge in [0.2, 0.25) is 0 Å². The fourth-order valence-corrected chi connectivity index (χ4v) is 1.02. The van der Waals surface area contributed by atoms with Gasteiger partial charge in [-0.05, 0) is 17.7 Å². The second kappa shape index (κ2) is 3.32. The van der Waals surface area contributed by atoms with Crippen LogP contribution in [0, 0.1) is 5.82 Å². The summed E-state index contributed by atoms with van der Waals surface area (Å²) in [7, 11) is 0. The Hall–Kier alpha value is -1.52. The summed E-state index contributed by atoms with van der Waals surface area (Å²) < 4.78 is 49.8. The molecule has 0 unspecified atom stereocenters. The molecule has 0 amide bonds. The lowest BCUT2D eigenvalue weighted by Gasteiger charge is -2.11. The second-order valence-electron chi connectivity index (χ2n) is 2.66. The number of anilines is 1. The van der Waals surface area contributed by atoms with Crippen LogP contribution in [0.2, 0.25) is 0 Å². The molecule has 1 nitrogen and oxygen atoms in total. The van der Waals surface area contributed by atoms with Crippen LogP contribution >= 0.6 is 0 Å². The van der Waals surface area contributed by atoms with Crippen LogP contribution < -0.4 is 5.73 Å². The van der Waals surface area contributed by atoms with Gasteiger partial charge in [0.1, 0.15) is 5.82 Å². The van der Waals surface area contributed by atoms with Gasteiger partial charge in [-0.2, -0.15) is 13.2 Å². The quantitative estimate of drug-likeness (QED) is 0.553. The van der Waals surface area contributed by atoms with E-state index in [2.05, 4.69) is 6.58 Å². The first kappa shape index (κ1) is 10.6. The summed E-state index contributed by atoms with van der Waals surface area (Å²) in [4.78, 5) is 0. The topological polar surface area (TPSA) is 26.0 Å². The molecule has 0 aromatic heterocycles. The number of halogens is 4. The number of rotatable bonds is 1. The van der Waals surface area contributed by atoms with Crippen LogP contribution in [0.1, 0.15) is 11.1 Å². The molecule has 1 aromatic carbocycles. The van der Waals surface area contributed by atoms with Crippen LogP contribution in [0.15, 0.2) is 18.7 Å². The molecule has 1 aromatic rings. The fourth-order valence-electron chi connectivity index (χ4n) is 1.02. The van der Waals surface area contributed by atoms with E-state index in [1.165, 1.54) is 0 Å². The van der Waals surface area contributed by atoms with Gasteiger partial charge in [-0.25, -0.2) is 4.39 Å². The van der Waals surface area contributed by atoms with Crippen molar-refractivity contribution in [1.29, 1.82) is 0 Å². The number of nitrogens with two attached hydrogens (primary N) is 1. The third kappa shape index (κ3) is 1.86. The van der Waals surface area contributed by atoms with E-state index in [0.29, 0.717) is 12.1 Å². The number of hydrogen-bond donors (Lipinski definition) is 1. The SMILES string of the molecule is C=Cc1cc(F)c(N)cc1C(F)(F)F. The fraction of sp³-hybridized carbons (Fsp3) is 0.111. The monoisotopic (exact) mass is 205 g/mol. The lowest BCUT2D eigenvalue weighted by molar-refractivity contribution is -0.137. The van der Waals surface area contributed by atoms with Gasteiger partial charge in [0, 0.05) is 0 Å². The Morgan fingerprint density at radius 2 is 1.86 bits per heavy atom. The first-order valence-corrected chi connectivity index (χ1v) is 3.65. The summed E-state index contributed by atoms with van der Waals surface area (Å²) in [5.41, 5.74) is 3.21. The molecule has 0 radical (unpaired) electrons. The molecule has 0 aliphatic heterocycles. The zero-order chi connectivity index (χ0) is 10.9. The minimum absolute atomic E-state index is 0.316. The van der Waals surface area contributed by atoms with Crippen molar-refractivity contribution < 1.29 is 17.6 Å². The predicted octanol–water partition coefficient (Wildman–Crippen LogP) is 3.07. The van der Waals surface area contributed by atoms with Gasteiger partial charge >= 0.3 is 6.18 Å². The summed E-state index contributed by atoms with van der Waals surface area (Å²) in [5, 5.41) is 0. The van der Waals surface area contributed by atoms with E-state index in [4.69, 9.17) is 5.73 Å². The Morgan fingerprint density at radius 1 is 1.29 bits per heavy atom. The van der Waals surface area contributed by atoms with Gasteiger partial charge < -0.3 is 5.73 Å². The highest BCUT2D eigenvalue weighted by Gasteiger charge is 2.33. The lowest BCUT2D eigenvalue weighted by atomic mass is 10.1. The van der Waals surface area contributed by atoms with Crippen molar-refractivity contribution in [1.82, 2.24) is 0 Å². The van der Waals surface area contributed by atoms with Crippen LogP contribution in [0.3, 0.4) is 0 Å². The Bertz CT molecular complexity index is 368. The van der Waals surface area contributed by atoms with Crippen molar-refractivity contribution in [2.24, 2.45) is 0 Å². The number of benzene rings is 1. The first-order chi connectivity index (χ1) is 6.36. The Kier molecular flexibility index (Phi) is 2.51. The molecule has 14 heavy (non-hydrogen) atoms. The molecule has 0 aliphatic carbocycles. The van der Waals surface area contributed by atoms with E-state index in [9.17, 15) is 17.6 Å². The van der Waals surface area contributed by atoms with E-state index < -0.39 is 23.2 Å². The molecule has 0 saturated carbocycles. The summed E-state index contributed by atoms with van der Waals surface area (Å²) in [5.74, 6) is -0.882. The average Bonchev–Trinajstić information content (AvgIpc) is 2.07.